The number of tetrazole rings is 1. The molecule has 0 spiro atoms. The highest BCUT2D eigenvalue weighted by atomic mass is 16.5. The zero-order chi connectivity index (χ0) is 22.3. The van der Waals surface area contributed by atoms with Crippen molar-refractivity contribution in [1.29, 1.82) is 0 Å². The summed E-state index contributed by atoms with van der Waals surface area (Å²) in [6.45, 7) is -0.0117. The maximum absolute atomic E-state index is 13.9. The highest BCUT2D eigenvalue weighted by molar-refractivity contribution is 6.09. The Balaban J connectivity index is 1.56. The lowest BCUT2D eigenvalue weighted by Gasteiger charge is -2.28. The molecule has 1 N–H and O–H groups in total. The van der Waals surface area contributed by atoms with Gasteiger partial charge in [-0.3, -0.25) is 9.69 Å². The second-order valence-corrected chi connectivity index (χ2v) is 7.80. The Morgan fingerprint density at radius 2 is 1.53 bits per heavy atom. The Morgan fingerprint density at radius 1 is 0.969 bits per heavy atom. The molecule has 1 aliphatic heterocycles. The summed E-state index contributed by atoms with van der Waals surface area (Å²) in [7, 11) is 3.14. The lowest BCUT2D eigenvalue weighted by atomic mass is 9.82. The van der Waals surface area contributed by atoms with Crippen LogP contribution in [-0.4, -0.2) is 51.3 Å². The number of ether oxygens (including phenoxy) is 2. The molecule has 0 bridgehead atoms. The van der Waals surface area contributed by atoms with E-state index in [9.17, 15) is 9.59 Å². The van der Waals surface area contributed by atoms with Crippen LogP contribution in [0.5, 0.6) is 11.5 Å². The van der Waals surface area contributed by atoms with E-state index in [-0.39, 0.29) is 12.6 Å². The average molecular weight is 434 g/mol. The van der Waals surface area contributed by atoms with Crippen molar-refractivity contribution in [2.45, 2.75) is 31.0 Å². The number of aromatic nitrogens is 4. The topological polar surface area (TPSA) is 111 Å². The van der Waals surface area contributed by atoms with E-state index in [1.807, 2.05) is 0 Å². The maximum atomic E-state index is 13.9. The first kappa shape index (κ1) is 20.0. The Bertz CT molecular complexity index is 1110. The molecule has 0 atom stereocenters. The van der Waals surface area contributed by atoms with Gasteiger partial charge in [0.15, 0.2) is 11.4 Å². The fourth-order valence-corrected chi connectivity index (χ4v) is 4.02. The third-order valence-electron chi connectivity index (χ3n) is 5.90. The molecule has 2 aromatic carbocycles. The second-order valence-electron chi connectivity index (χ2n) is 7.80. The van der Waals surface area contributed by atoms with E-state index in [1.54, 1.807) is 67.4 Å². The minimum atomic E-state index is -1.40. The first-order valence-electron chi connectivity index (χ1n) is 10.3. The third kappa shape index (κ3) is 3.15. The number of carbonyl (C=O) groups excluding carboxylic acids is 2. The molecule has 10 heteroatoms. The van der Waals surface area contributed by atoms with Crippen LogP contribution < -0.4 is 14.8 Å². The maximum Gasteiger partial charge on any atom is 0.325 e. The van der Waals surface area contributed by atoms with E-state index in [1.165, 1.54) is 4.90 Å². The van der Waals surface area contributed by atoms with Crippen LogP contribution in [0.15, 0.2) is 48.5 Å². The van der Waals surface area contributed by atoms with Gasteiger partial charge >= 0.3 is 6.03 Å². The number of methoxy groups -OCH3 is 2. The van der Waals surface area contributed by atoms with Crippen LogP contribution in [-0.2, 0) is 16.9 Å². The monoisotopic (exact) mass is 434 g/mol. The molecule has 3 amide bonds. The van der Waals surface area contributed by atoms with Crippen molar-refractivity contribution in [3.8, 4) is 11.5 Å². The van der Waals surface area contributed by atoms with Gasteiger partial charge < -0.3 is 14.8 Å². The predicted octanol–water partition coefficient (Wildman–Crippen LogP) is 2.02. The SMILES string of the molecule is COc1ccc(C2(c3ccc(OC)cc3)NC(=O)N(Cc3nnnn3C3CC3)C2=O)cc1. The quantitative estimate of drug-likeness (QED) is 0.566. The van der Waals surface area contributed by atoms with E-state index < -0.39 is 17.5 Å². The van der Waals surface area contributed by atoms with Gasteiger partial charge in [-0.1, -0.05) is 24.3 Å². The van der Waals surface area contributed by atoms with Crippen LogP contribution in [0.2, 0.25) is 0 Å². The molecule has 32 heavy (non-hydrogen) atoms. The molecule has 1 saturated heterocycles. The Hall–Kier alpha value is -3.95. The van der Waals surface area contributed by atoms with Crippen LogP contribution in [0.3, 0.4) is 0 Å². The number of nitrogens with one attached hydrogen (secondary N) is 1. The molecular formula is C22H22N6O4. The normalized spacial score (nSPS) is 17.4. The van der Waals surface area contributed by atoms with Crippen LogP contribution in [0.25, 0.3) is 0 Å². The van der Waals surface area contributed by atoms with Crippen molar-refractivity contribution < 1.29 is 19.1 Å². The third-order valence-corrected chi connectivity index (χ3v) is 5.90. The van der Waals surface area contributed by atoms with Gasteiger partial charge in [-0.2, -0.15) is 0 Å². The standard InChI is InChI=1S/C22H22N6O4/c1-31-17-9-3-14(4-10-17)22(15-5-11-18(32-2)12-6-15)20(29)27(21(30)23-22)13-19-24-25-26-28(19)16-7-8-16/h3-6,9-12,16H,7-8,13H2,1-2H3,(H,23,30). The van der Waals surface area contributed by atoms with Crippen molar-refractivity contribution in [1.82, 2.24) is 30.4 Å². The number of hydrogen-bond donors (Lipinski definition) is 1. The number of amides is 3. The van der Waals surface area contributed by atoms with E-state index in [0.717, 1.165) is 12.8 Å². The number of carbonyl (C=O) groups is 2. The minimum Gasteiger partial charge on any atom is -0.497 e. The van der Waals surface area contributed by atoms with Crippen LogP contribution in [0, 0.1) is 0 Å². The molecule has 0 radical (unpaired) electrons. The fourth-order valence-electron chi connectivity index (χ4n) is 4.02. The molecule has 2 aliphatic rings. The summed E-state index contributed by atoms with van der Waals surface area (Å²) in [6.07, 6.45) is 1.97. The lowest BCUT2D eigenvalue weighted by molar-refractivity contribution is -0.130. The largest absolute Gasteiger partial charge is 0.497 e. The highest BCUT2D eigenvalue weighted by Crippen LogP contribution is 2.39. The number of hydrogen-bond acceptors (Lipinski definition) is 7. The molecule has 2 fully saturated rings. The average Bonchev–Trinajstić information content (AvgIpc) is 3.52. The van der Waals surface area contributed by atoms with Gasteiger partial charge in [-0.15, -0.1) is 5.10 Å². The summed E-state index contributed by atoms with van der Waals surface area (Å²) in [5.41, 5.74) is -0.162. The summed E-state index contributed by atoms with van der Waals surface area (Å²) in [5.74, 6) is 1.38. The number of urea groups is 1. The van der Waals surface area contributed by atoms with E-state index >= 15 is 0 Å². The van der Waals surface area contributed by atoms with Gasteiger partial charge in [-0.05, 0) is 58.7 Å². The lowest BCUT2D eigenvalue weighted by Crippen LogP contribution is -2.45. The molecule has 10 nitrogen and oxygen atoms in total. The van der Waals surface area contributed by atoms with Gasteiger partial charge in [0.05, 0.1) is 26.8 Å². The number of nitrogens with zero attached hydrogens (tertiary/aromatic N) is 5. The number of rotatable bonds is 7. The Labute approximate surface area is 184 Å². The Morgan fingerprint density at radius 3 is 2.03 bits per heavy atom. The van der Waals surface area contributed by atoms with Crippen LogP contribution in [0.1, 0.15) is 35.8 Å². The molecule has 1 aromatic heterocycles. The van der Waals surface area contributed by atoms with Gasteiger partial charge in [0.2, 0.25) is 0 Å². The van der Waals surface area contributed by atoms with Crippen molar-refractivity contribution in [2.24, 2.45) is 0 Å². The smallest absolute Gasteiger partial charge is 0.325 e. The molecule has 1 aliphatic carbocycles. The van der Waals surface area contributed by atoms with E-state index in [2.05, 4.69) is 20.8 Å². The first-order valence-corrected chi connectivity index (χ1v) is 10.3. The molecule has 164 valence electrons. The zero-order valence-electron chi connectivity index (χ0n) is 17.7. The summed E-state index contributed by atoms with van der Waals surface area (Å²) in [4.78, 5) is 28.1. The number of imide groups is 1. The minimum absolute atomic E-state index is 0.0117. The summed E-state index contributed by atoms with van der Waals surface area (Å²) >= 11 is 0. The first-order chi connectivity index (χ1) is 15.6. The van der Waals surface area contributed by atoms with Gasteiger partial charge in [0, 0.05) is 0 Å². The van der Waals surface area contributed by atoms with Crippen molar-refractivity contribution in [3.63, 3.8) is 0 Å². The van der Waals surface area contributed by atoms with E-state index in [4.69, 9.17) is 9.47 Å². The second kappa shape index (κ2) is 7.63. The molecule has 1 saturated carbocycles. The van der Waals surface area contributed by atoms with Crippen LogP contribution in [0.4, 0.5) is 4.79 Å². The highest BCUT2D eigenvalue weighted by Gasteiger charge is 2.54. The fraction of sp³-hybridized carbons (Fsp3) is 0.318. The molecular weight excluding hydrogens is 412 g/mol. The molecule has 3 aromatic rings. The zero-order valence-corrected chi connectivity index (χ0v) is 17.7. The number of benzene rings is 2. The van der Waals surface area contributed by atoms with Crippen molar-refractivity contribution in [2.75, 3.05) is 14.2 Å². The summed E-state index contributed by atoms with van der Waals surface area (Å²) in [5, 5.41) is 14.7. The van der Waals surface area contributed by atoms with Gasteiger partial charge in [0.25, 0.3) is 5.91 Å². The van der Waals surface area contributed by atoms with Crippen molar-refractivity contribution >= 4 is 11.9 Å². The van der Waals surface area contributed by atoms with Crippen molar-refractivity contribution in [3.05, 3.63) is 65.5 Å². The van der Waals surface area contributed by atoms with E-state index in [0.29, 0.717) is 28.5 Å². The molecule has 0 unspecified atom stereocenters. The summed E-state index contributed by atoms with van der Waals surface area (Å²) < 4.78 is 12.2. The summed E-state index contributed by atoms with van der Waals surface area (Å²) in [6, 6.07) is 13.9. The van der Waals surface area contributed by atoms with Gasteiger partial charge in [0.1, 0.15) is 11.5 Å². The predicted molar refractivity (Wildman–Crippen MR) is 112 cm³/mol. The molecule has 2 heterocycles. The molecule has 5 rings (SSSR count). The van der Waals surface area contributed by atoms with Crippen LogP contribution >= 0.6 is 0 Å². The van der Waals surface area contributed by atoms with Gasteiger partial charge in [-0.25, -0.2) is 9.48 Å². The Kier molecular flexibility index (Phi) is 4.76.